The van der Waals surface area contributed by atoms with Crippen molar-refractivity contribution in [1.82, 2.24) is 5.32 Å². The molecule has 4 nitrogen and oxygen atoms in total. The van der Waals surface area contributed by atoms with Crippen LogP contribution in [0.3, 0.4) is 0 Å². The molecule has 2 atom stereocenters. The lowest BCUT2D eigenvalue weighted by atomic mass is 9.88. The fraction of sp³-hybridized carbons (Fsp3) is 0.588. The van der Waals surface area contributed by atoms with Crippen LogP contribution in [0.15, 0.2) is 24.3 Å². The first-order valence-corrected chi connectivity index (χ1v) is 7.88. The number of hydrogen-bond donors (Lipinski definition) is 2. The van der Waals surface area contributed by atoms with Crippen LogP contribution in [0, 0.1) is 12.8 Å². The zero-order valence-corrected chi connectivity index (χ0v) is 14.0. The standard InChI is InChI=1S/C17H26N2O2.ClH/c1-13-6-8-14(9-7-13)16-15(5-4-12-21-16)17(20)19-11-3-2-10-18;/h6-9,15-16H,2-5,10-12,18H2,1H3,(H,19,20);1H. The molecular weight excluding hydrogens is 300 g/mol. The van der Waals surface area contributed by atoms with Crippen LogP contribution >= 0.6 is 12.4 Å². The highest BCUT2D eigenvalue weighted by atomic mass is 35.5. The van der Waals surface area contributed by atoms with Gasteiger partial charge in [0, 0.05) is 13.2 Å². The predicted molar refractivity (Wildman–Crippen MR) is 91.1 cm³/mol. The molecule has 0 radical (unpaired) electrons. The minimum Gasteiger partial charge on any atom is -0.373 e. The summed E-state index contributed by atoms with van der Waals surface area (Å²) in [4.78, 5) is 12.4. The van der Waals surface area contributed by atoms with Crippen LogP contribution in [0.1, 0.15) is 42.9 Å². The molecule has 1 fully saturated rings. The minimum absolute atomic E-state index is 0. The smallest absolute Gasteiger partial charge is 0.226 e. The van der Waals surface area contributed by atoms with Gasteiger partial charge in [0.1, 0.15) is 0 Å². The monoisotopic (exact) mass is 326 g/mol. The van der Waals surface area contributed by atoms with Crippen LogP contribution in [0.25, 0.3) is 0 Å². The van der Waals surface area contributed by atoms with Crippen LogP contribution in [0.5, 0.6) is 0 Å². The van der Waals surface area contributed by atoms with E-state index in [4.69, 9.17) is 10.5 Å². The molecule has 2 rings (SSSR count). The molecule has 1 heterocycles. The average molecular weight is 327 g/mol. The second-order valence-corrected chi connectivity index (χ2v) is 5.74. The van der Waals surface area contributed by atoms with Crippen molar-refractivity contribution in [3.63, 3.8) is 0 Å². The van der Waals surface area contributed by atoms with Crippen molar-refractivity contribution in [3.05, 3.63) is 35.4 Å². The van der Waals surface area contributed by atoms with Crippen molar-refractivity contribution < 1.29 is 9.53 Å². The van der Waals surface area contributed by atoms with Gasteiger partial charge in [-0.3, -0.25) is 4.79 Å². The van der Waals surface area contributed by atoms with E-state index >= 15 is 0 Å². The molecule has 0 saturated carbocycles. The van der Waals surface area contributed by atoms with E-state index in [1.807, 2.05) is 0 Å². The number of rotatable bonds is 6. The normalized spacial score (nSPS) is 21.0. The first-order chi connectivity index (χ1) is 10.2. The summed E-state index contributed by atoms with van der Waals surface area (Å²) in [5, 5.41) is 3.02. The van der Waals surface area contributed by atoms with E-state index in [0.717, 1.165) is 37.9 Å². The van der Waals surface area contributed by atoms with Gasteiger partial charge >= 0.3 is 0 Å². The first-order valence-electron chi connectivity index (χ1n) is 7.88. The Kier molecular flexibility index (Phi) is 8.46. The van der Waals surface area contributed by atoms with Gasteiger partial charge in [0.25, 0.3) is 0 Å². The molecular formula is C17H27ClN2O2. The molecule has 1 aromatic rings. The summed E-state index contributed by atoms with van der Waals surface area (Å²) < 4.78 is 5.88. The third kappa shape index (κ3) is 5.27. The highest BCUT2D eigenvalue weighted by Gasteiger charge is 2.32. The number of carbonyl (C=O) groups is 1. The first kappa shape index (κ1) is 18.9. The summed E-state index contributed by atoms with van der Waals surface area (Å²) in [6.07, 6.45) is 3.60. The molecule has 1 aliphatic heterocycles. The van der Waals surface area contributed by atoms with Gasteiger partial charge in [-0.1, -0.05) is 29.8 Å². The molecule has 0 bridgehead atoms. The van der Waals surface area contributed by atoms with Crippen molar-refractivity contribution in [3.8, 4) is 0 Å². The Balaban J connectivity index is 0.00000242. The number of nitrogens with two attached hydrogens (primary N) is 1. The highest BCUT2D eigenvalue weighted by Crippen LogP contribution is 2.33. The zero-order chi connectivity index (χ0) is 15.1. The highest BCUT2D eigenvalue weighted by molar-refractivity contribution is 5.85. The molecule has 1 aliphatic rings. The Morgan fingerprint density at radius 2 is 2.05 bits per heavy atom. The summed E-state index contributed by atoms with van der Waals surface area (Å²) >= 11 is 0. The van der Waals surface area contributed by atoms with E-state index in [0.29, 0.717) is 13.1 Å². The SMILES string of the molecule is Cc1ccc(C2OCCCC2C(=O)NCCCCN)cc1.Cl. The second kappa shape index (κ2) is 9.82. The summed E-state index contributed by atoms with van der Waals surface area (Å²) in [5.41, 5.74) is 7.78. The van der Waals surface area contributed by atoms with Gasteiger partial charge in [-0.15, -0.1) is 12.4 Å². The van der Waals surface area contributed by atoms with Crippen LogP contribution in [-0.4, -0.2) is 25.6 Å². The topological polar surface area (TPSA) is 64.3 Å². The quantitative estimate of drug-likeness (QED) is 0.790. The number of amides is 1. The summed E-state index contributed by atoms with van der Waals surface area (Å²) in [6, 6.07) is 8.28. The number of benzene rings is 1. The molecule has 0 spiro atoms. The van der Waals surface area contributed by atoms with E-state index in [1.165, 1.54) is 5.56 Å². The van der Waals surface area contributed by atoms with E-state index in [-0.39, 0.29) is 30.3 Å². The van der Waals surface area contributed by atoms with Gasteiger partial charge in [0.2, 0.25) is 5.91 Å². The van der Waals surface area contributed by atoms with Crippen LogP contribution in [0.4, 0.5) is 0 Å². The third-order valence-electron chi connectivity index (χ3n) is 4.00. The predicted octanol–water partition coefficient (Wildman–Crippen LogP) is 2.74. The van der Waals surface area contributed by atoms with Crippen LogP contribution < -0.4 is 11.1 Å². The molecule has 3 N–H and O–H groups in total. The number of aryl methyl sites for hydroxylation is 1. The number of halogens is 1. The molecule has 2 unspecified atom stereocenters. The van der Waals surface area contributed by atoms with E-state index in [1.54, 1.807) is 0 Å². The molecule has 124 valence electrons. The van der Waals surface area contributed by atoms with Crippen LogP contribution in [0.2, 0.25) is 0 Å². The Morgan fingerprint density at radius 3 is 2.73 bits per heavy atom. The number of carbonyl (C=O) groups excluding carboxylic acids is 1. The maximum atomic E-state index is 12.4. The van der Waals surface area contributed by atoms with Gasteiger partial charge in [0.15, 0.2) is 0 Å². The van der Waals surface area contributed by atoms with E-state index in [9.17, 15) is 4.79 Å². The second-order valence-electron chi connectivity index (χ2n) is 5.74. The minimum atomic E-state index is -0.117. The van der Waals surface area contributed by atoms with Crippen molar-refractivity contribution >= 4 is 18.3 Å². The Morgan fingerprint density at radius 1 is 1.32 bits per heavy atom. The van der Waals surface area contributed by atoms with E-state index < -0.39 is 0 Å². The summed E-state index contributed by atoms with van der Waals surface area (Å²) in [6.45, 7) is 4.17. The van der Waals surface area contributed by atoms with Gasteiger partial charge in [-0.05, 0) is 44.7 Å². The average Bonchev–Trinajstić information content (AvgIpc) is 2.52. The van der Waals surface area contributed by atoms with E-state index in [2.05, 4.69) is 36.5 Å². The number of unbranched alkanes of at least 4 members (excludes halogenated alkanes) is 1. The lowest BCUT2D eigenvalue weighted by molar-refractivity contribution is -0.134. The van der Waals surface area contributed by atoms with Crippen molar-refractivity contribution in [1.29, 1.82) is 0 Å². The van der Waals surface area contributed by atoms with Gasteiger partial charge in [-0.2, -0.15) is 0 Å². The summed E-state index contributed by atoms with van der Waals surface area (Å²) in [7, 11) is 0. The molecule has 1 aromatic carbocycles. The van der Waals surface area contributed by atoms with Gasteiger partial charge in [-0.25, -0.2) is 0 Å². The number of hydrogen-bond acceptors (Lipinski definition) is 3. The molecule has 1 saturated heterocycles. The lowest BCUT2D eigenvalue weighted by Gasteiger charge is -2.31. The molecule has 0 aliphatic carbocycles. The van der Waals surface area contributed by atoms with Gasteiger partial charge < -0.3 is 15.8 Å². The fourth-order valence-corrected chi connectivity index (χ4v) is 2.75. The third-order valence-corrected chi connectivity index (χ3v) is 4.00. The maximum Gasteiger partial charge on any atom is 0.226 e. The van der Waals surface area contributed by atoms with Crippen molar-refractivity contribution in [2.75, 3.05) is 19.7 Å². The largest absolute Gasteiger partial charge is 0.373 e. The van der Waals surface area contributed by atoms with Crippen LogP contribution in [-0.2, 0) is 9.53 Å². The number of ether oxygens (including phenoxy) is 1. The van der Waals surface area contributed by atoms with Crippen molar-refractivity contribution in [2.45, 2.75) is 38.7 Å². The Labute approximate surface area is 139 Å². The Bertz CT molecular complexity index is 450. The zero-order valence-electron chi connectivity index (χ0n) is 13.2. The maximum absolute atomic E-state index is 12.4. The van der Waals surface area contributed by atoms with Gasteiger partial charge in [0.05, 0.1) is 12.0 Å². The number of nitrogens with one attached hydrogen (secondary N) is 1. The molecule has 1 amide bonds. The Hall–Kier alpha value is -1.10. The molecule has 0 aromatic heterocycles. The summed E-state index contributed by atoms with van der Waals surface area (Å²) in [5.74, 6) is 0.0247. The lowest BCUT2D eigenvalue weighted by Crippen LogP contribution is -2.38. The fourth-order valence-electron chi connectivity index (χ4n) is 2.75. The molecule has 5 heteroatoms. The van der Waals surface area contributed by atoms with Crippen molar-refractivity contribution in [2.24, 2.45) is 11.7 Å². The molecule has 22 heavy (non-hydrogen) atoms.